The number of aryl methyl sites for hydroxylation is 2. The van der Waals surface area contributed by atoms with E-state index in [4.69, 9.17) is 18.9 Å². The quantitative estimate of drug-likeness (QED) is 0.625. The van der Waals surface area contributed by atoms with E-state index in [0.29, 0.717) is 36.8 Å². The Morgan fingerprint density at radius 2 is 1.77 bits per heavy atom. The Morgan fingerprint density at radius 3 is 2.47 bits per heavy atom. The highest BCUT2D eigenvalue weighted by atomic mass is 16.5. The van der Waals surface area contributed by atoms with Crippen molar-refractivity contribution < 1.29 is 23.7 Å². The summed E-state index contributed by atoms with van der Waals surface area (Å²) in [5.74, 6) is 2.92. The molecular weight excluding hydrogens is 382 g/mol. The topological polar surface area (TPSA) is 66.0 Å². The first-order valence-electron chi connectivity index (χ1n) is 10.5. The van der Waals surface area contributed by atoms with Crippen LogP contribution in [0.3, 0.4) is 0 Å². The lowest BCUT2D eigenvalue weighted by atomic mass is 9.94. The van der Waals surface area contributed by atoms with E-state index in [-0.39, 0.29) is 5.91 Å². The van der Waals surface area contributed by atoms with Gasteiger partial charge < -0.3 is 24.3 Å². The molecule has 162 valence electrons. The average molecular weight is 414 g/mol. The van der Waals surface area contributed by atoms with E-state index >= 15 is 0 Å². The lowest BCUT2D eigenvalue weighted by Gasteiger charge is -2.20. The molecule has 1 aliphatic rings. The predicted molar refractivity (Wildman–Crippen MR) is 117 cm³/mol. The summed E-state index contributed by atoms with van der Waals surface area (Å²) in [6.45, 7) is 3.04. The smallest absolute Gasteiger partial charge is 0.219 e. The van der Waals surface area contributed by atoms with Crippen LogP contribution in [0.1, 0.15) is 37.3 Å². The maximum absolute atomic E-state index is 11.3. The van der Waals surface area contributed by atoms with Crippen molar-refractivity contribution in [2.45, 2.75) is 39.0 Å². The molecule has 0 aliphatic heterocycles. The largest absolute Gasteiger partial charge is 0.494 e. The molecule has 0 unspecified atom stereocenters. The molecule has 1 aliphatic carbocycles. The van der Waals surface area contributed by atoms with Crippen molar-refractivity contribution in [3.8, 4) is 34.1 Å². The first kappa shape index (κ1) is 21.8. The summed E-state index contributed by atoms with van der Waals surface area (Å²) in [6.07, 6.45) is 4.21. The molecule has 0 radical (unpaired) electrons. The van der Waals surface area contributed by atoms with Crippen LogP contribution in [-0.2, 0) is 17.6 Å². The summed E-state index contributed by atoms with van der Waals surface area (Å²) in [5.41, 5.74) is 4.64. The van der Waals surface area contributed by atoms with Crippen molar-refractivity contribution in [3.05, 3.63) is 35.4 Å². The first-order valence-corrected chi connectivity index (χ1v) is 10.5. The third-order valence-electron chi connectivity index (χ3n) is 5.38. The van der Waals surface area contributed by atoms with E-state index in [2.05, 4.69) is 23.5 Å². The molecule has 1 N–H and O–H groups in total. The van der Waals surface area contributed by atoms with E-state index in [1.165, 1.54) is 11.1 Å². The van der Waals surface area contributed by atoms with Crippen LogP contribution in [0.25, 0.3) is 11.1 Å². The zero-order valence-electron chi connectivity index (χ0n) is 18.3. The molecule has 30 heavy (non-hydrogen) atoms. The molecule has 2 aromatic rings. The maximum Gasteiger partial charge on any atom is 0.219 e. The van der Waals surface area contributed by atoms with Gasteiger partial charge in [0.05, 0.1) is 27.9 Å². The van der Waals surface area contributed by atoms with Crippen molar-refractivity contribution in [2.24, 2.45) is 0 Å². The predicted octanol–water partition coefficient (Wildman–Crippen LogP) is 4.16. The van der Waals surface area contributed by atoms with Crippen LogP contribution in [0.2, 0.25) is 0 Å². The molecule has 0 fully saturated rings. The van der Waals surface area contributed by atoms with Crippen LogP contribution in [0.4, 0.5) is 0 Å². The van der Waals surface area contributed by atoms with Crippen molar-refractivity contribution in [1.82, 2.24) is 5.32 Å². The Balaban J connectivity index is 1.84. The number of hydrogen-bond donors (Lipinski definition) is 1. The summed E-state index contributed by atoms with van der Waals surface area (Å²) in [4.78, 5) is 11.3. The molecule has 3 rings (SSSR count). The first-order chi connectivity index (χ1) is 14.6. The minimum atomic E-state index is 0.0692. The minimum Gasteiger partial charge on any atom is -0.494 e. The number of benzene rings is 2. The zero-order valence-corrected chi connectivity index (χ0v) is 18.3. The van der Waals surface area contributed by atoms with Crippen LogP contribution in [0.5, 0.6) is 23.0 Å². The van der Waals surface area contributed by atoms with E-state index in [9.17, 15) is 4.79 Å². The number of methoxy groups -OCH3 is 3. The van der Waals surface area contributed by atoms with E-state index in [1.54, 1.807) is 21.3 Å². The Labute approximate surface area is 178 Å². The number of nitrogens with one attached hydrogen (secondary N) is 1. The second-order valence-corrected chi connectivity index (χ2v) is 7.26. The molecular formula is C24H31NO5. The molecule has 0 spiro atoms. The van der Waals surface area contributed by atoms with Crippen molar-refractivity contribution in [1.29, 1.82) is 0 Å². The number of rotatable bonds is 9. The number of fused-ring (bicyclic) bond motifs is 3. The Morgan fingerprint density at radius 1 is 1.00 bits per heavy atom. The third kappa shape index (κ3) is 4.64. The molecule has 0 bridgehead atoms. The lowest BCUT2D eigenvalue weighted by molar-refractivity contribution is -0.120. The SMILES string of the molecule is CCC(=O)NCCCOc1ccc2c(c1)CCCc1cc(OC)c(OC)c(OC)c1-2. The van der Waals surface area contributed by atoms with E-state index in [0.717, 1.165) is 42.6 Å². The number of carbonyl (C=O) groups is 1. The highest BCUT2D eigenvalue weighted by molar-refractivity contribution is 5.82. The van der Waals surface area contributed by atoms with E-state index in [1.807, 2.05) is 13.0 Å². The Bertz CT molecular complexity index is 894. The molecule has 6 nitrogen and oxygen atoms in total. The highest BCUT2D eigenvalue weighted by Gasteiger charge is 2.25. The van der Waals surface area contributed by atoms with Crippen LogP contribution in [0, 0.1) is 0 Å². The minimum absolute atomic E-state index is 0.0692. The Kier molecular flexibility index (Phi) is 7.44. The van der Waals surface area contributed by atoms with Crippen LogP contribution in [0.15, 0.2) is 24.3 Å². The van der Waals surface area contributed by atoms with Gasteiger partial charge in [0.25, 0.3) is 0 Å². The second kappa shape index (κ2) is 10.2. The molecule has 0 atom stereocenters. The molecule has 2 aromatic carbocycles. The highest BCUT2D eigenvalue weighted by Crippen LogP contribution is 2.49. The number of ether oxygens (including phenoxy) is 4. The normalized spacial score (nSPS) is 12.3. The van der Waals surface area contributed by atoms with Gasteiger partial charge in [-0.2, -0.15) is 0 Å². The van der Waals surface area contributed by atoms with Gasteiger partial charge >= 0.3 is 0 Å². The third-order valence-corrected chi connectivity index (χ3v) is 5.38. The number of amides is 1. The monoisotopic (exact) mass is 413 g/mol. The molecule has 0 heterocycles. The fraction of sp³-hybridized carbons (Fsp3) is 0.458. The molecule has 1 amide bonds. The molecule has 0 aromatic heterocycles. The summed E-state index contributed by atoms with van der Waals surface area (Å²) >= 11 is 0. The zero-order chi connectivity index (χ0) is 21.5. The summed E-state index contributed by atoms with van der Waals surface area (Å²) in [6, 6.07) is 8.27. The summed E-state index contributed by atoms with van der Waals surface area (Å²) < 4.78 is 22.8. The van der Waals surface area contributed by atoms with Gasteiger partial charge in [-0.1, -0.05) is 13.0 Å². The van der Waals surface area contributed by atoms with Gasteiger partial charge in [0, 0.05) is 18.5 Å². The number of hydrogen-bond acceptors (Lipinski definition) is 5. The van der Waals surface area contributed by atoms with Gasteiger partial charge in [0.2, 0.25) is 11.7 Å². The van der Waals surface area contributed by atoms with Crippen molar-refractivity contribution in [2.75, 3.05) is 34.5 Å². The van der Waals surface area contributed by atoms with Gasteiger partial charge in [0.15, 0.2) is 11.5 Å². The maximum atomic E-state index is 11.3. The van der Waals surface area contributed by atoms with Crippen LogP contribution in [-0.4, -0.2) is 40.4 Å². The molecule has 0 saturated carbocycles. The average Bonchev–Trinajstić information content (AvgIpc) is 2.95. The fourth-order valence-corrected chi connectivity index (χ4v) is 3.89. The van der Waals surface area contributed by atoms with E-state index < -0.39 is 0 Å². The molecule has 6 heteroatoms. The standard InChI is InChI=1S/C24H31NO5/c1-5-21(26)25-12-7-13-30-18-10-11-19-16(14-18)8-6-9-17-15-20(27-2)23(28-3)24(29-4)22(17)19/h10-11,14-15H,5-9,12-13H2,1-4H3,(H,25,26). The summed E-state index contributed by atoms with van der Waals surface area (Å²) in [7, 11) is 4.94. The second-order valence-electron chi connectivity index (χ2n) is 7.26. The number of carbonyl (C=O) groups excluding carboxylic acids is 1. The van der Waals surface area contributed by atoms with Gasteiger partial charge in [-0.3, -0.25) is 4.79 Å². The van der Waals surface area contributed by atoms with Crippen LogP contribution >= 0.6 is 0 Å². The Hall–Kier alpha value is -2.89. The van der Waals surface area contributed by atoms with Crippen molar-refractivity contribution >= 4 is 5.91 Å². The van der Waals surface area contributed by atoms with Gasteiger partial charge in [-0.15, -0.1) is 0 Å². The van der Waals surface area contributed by atoms with Gasteiger partial charge in [-0.05, 0) is 60.6 Å². The molecule has 0 saturated heterocycles. The van der Waals surface area contributed by atoms with Gasteiger partial charge in [-0.25, -0.2) is 0 Å². The van der Waals surface area contributed by atoms with Gasteiger partial charge in [0.1, 0.15) is 5.75 Å². The fourth-order valence-electron chi connectivity index (χ4n) is 3.89. The summed E-state index contributed by atoms with van der Waals surface area (Å²) in [5, 5.41) is 2.87. The van der Waals surface area contributed by atoms with Crippen LogP contribution < -0.4 is 24.3 Å². The lowest BCUT2D eigenvalue weighted by Crippen LogP contribution is -2.24. The van der Waals surface area contributed by atoms with Crippen molar-refractivity contribution in [3.63, 3.8) is 0 Å².